The predicted molar refractivity (Wildman–Crippen MR) is 77.6 cm³/mol. The summed E-state index contributed by atoms with van der Waals surface area (Å²) in [5.74, 6) is 0.974. The van der Waals surface area contributed by atoms with Gasteiger partial charge in [0, 0.05) is 5.56 Å². The number of hydrogen-bond acceptors (Lipinski definition) is 5. The lowest BCUT2D eigenvalue weighted by Gasteiger charge is -2.13. The van der Waals surface area contributed by atoms with E-state index in [2.05, 4.69) is 26.2 Å². The van der Waals surface area contributed by atoms with Crippen molar-refractivity contribution in [1.29, 1.82) is 0 Å². The highest BCUT2D eigenvalue weighted by atomic mass is 16.5. The van der Waals surface area contributed by atoms with Gasteiger partial charge in [-0.3, -0.25) is 5.10 Å². The van der Waals surface area contributed by atoms with Gasteiger partial charge in [0.2, 0.25) is 5.95 Å². The second-order valence-corrected chi connectivity index (χ2v) is 4.72. The number of H-pyrrole nitrogens is 1. The summed E-state index contributed by atoms with van der Waals surface area (Å²) in [7, 11) is 1.65. The van der Waals surface area contributed by atoms with Crippen molar-refractivity contribution < 1.29 is 4.74 Å². The molecular formula is C14H15N5O. The van der Waals surface area contributed by atoms with Crippen LogP contribution in [0.25, 0.3) is 22.3 Å². The number of methoxy groups -OCH3 is 1. The molecule has 3 N–H and O–H groups in total. The lowest BCUT2D eigenvalue weighted by molar-refractivity contribution is 0.416. The van der Waals surface area contributed by atoms with Crippen LogP contribution in [0.1, 0.15) is 11.1 Å². The topological polar surface area (TPSA) is 89.7 Å². The van der Waals surface area contributed by atoms with Gasteiger partial charge >= 0.3 is 0 Å². The molecule has 2 aromatic heterocycles. The van der Waals surface area contributed by atoms with Crippen molar-refractivity contribution >= 4 is 17.0 Å². The molecule has 2 heterocycles. The van der Waals surface area contributed by atoms with Crippen LogP contribution in [0, 0.1) is 13.8 Å². The summed E-state index contributed by atoms with van der Waals surface area (Å²) in [4.78, 5) is 8.50. The van der Waals surface area contributed by atoms with Gasteiger partial charge in [-0.15, -0.1) is 0 Å². The van der Waals surface area contributed by atoms with Gasteiger partial charge in [0.25, 0.3) is 0 Å². The number of anilines is 1. The highest BCUT2D eigenvalue weighted by molar-refractivity contribution is 5.93. The number of aryl methyl sites for hydroxylation is 2. The monoisotopic (exact) mass is 269 g/mol. The molecule has 6 nitrogen and oxygen atoms in total. The van der Waals surface area contributed by atoms with Crippen LogP contribution >= 0.6 is 0 Å². The van der Waals surface area contributed by atoms with E-state index in [1.165, 1.54) is 0 Å². The van der Waals surface area contributed by atoms with Crippen LogP contribution in [0.3, 0.4) is 0 Å². The fourth-order valence-corrected chi connectivity index (χ4v) is 2.44. The molecule has 0 saturated heterocycles. The van der Waals surface area contributed by atoms with Crippen LogP contribution < -0.4 is 10.5 Å². The standard InChI is InChI=1S/C14H15N5O/c1-7-4-8(2)11(10(5-7)20-3)12-9-6-16-19-13(9)18-14(15)17-12/h4-6H,1-3H3,(H3,15,16,17,18,19). The highest BCUT2D eigenvalue weighted by Crippen LogP contribution is 2.36. The number of aromatic amines is 1. The van der Waals surface area contributed by atoms with Gasteiger partial charge < -0.3 is 10.5 Å². The van der Waals surface area contributed by atoms with Gasteiger partial charge in [-0.05, 0) is 31.0 Å². The van der Waals surface area contributed by atoms with E-state index in [0.717, 1.165) is 33.5 Å². The Balaban J connectivity index is 2.39. The van der Waals surface area contributed by atoms with Gasteiger partial charge in [-0.25, -0.2) is 4.98 Å². The fourth-order valence-electron chi connectivity index (χ4n) is 2.44. The summed E-state index contributed by atoms with van der Waals surface area (Å²) in [5.41, 5.74) is 10.3. The molecule has 0 bridgehead atoms. The number of hydrogen-bond donors (Lipinski definition) is 2. The van der Waals surface area contributed by atoms with E-state index in [1.807, 2.05) is 19.9 Å². The van der Waals surface area contributed by atoms with E-state index in [9.17, 15) is 0 Å². The third-order valence-corrected chi connectivity index (χ3v) is 3.23. The maximum atomic E-state index is 5.78. The Hall–Kier alpha value is -2.63. The van der Waals surface area contributed by atoms with Crippen molar-refractivity contribution in [3.8, 4) is 17.0 Å². The number of benzene rings is 1. The van der Waals surface area contributed by atoms with Gasteiger partial charge in [0.1, 0.15) is 5.75 Å². The molecule has 0 amide bonds. The number of aromatic nitrogens is 4. The highest BCUT2D eigenvalue weighted by Gasteiger charge is 2.17. The maximum absolute atomic E-state index is 5.78. The van der Waals surface area contributed by atoms with Crippen LogP contribution in [0.4, 0.5) is 5.95 Å². The lowest BCUT2D eigenvalue weighted by atomic mass is 10.00. The van der Waals surface area contributed by atoms with Gasteiger partial charge in [0.05, 0.1) is 24.4 Å². The van der Waals surface area contributed by atoms with Crippen molar-refractivity contribution in [2.45, 2.75) is 13.8 Å². The molecule has 0 aliphatic carbocycles. The number of nitrogens with zero attached hydrogens (tertiary/aromatic N) is 3. The minimum absolute atomic E-state index is 0.207. The molecule has 0 spiro atoms. The molecule has 0 radical (unpaired) electrons. The van der Waals surface area contributed by atoms with E-state index >= 15 is 0 Å². The zero-order valence-electron chi connectivity index (χ0n) is 11.6. The molecule has 1 aromatic carbocycles. The number of nitrogens with two attached hydrogens (primary N) is 1. The Morgan fingerprint density at radius 1 is 1.20 bits per heavy atom. The van der Waals surface area contributed by atoms with Gasteiger partial charge in [-0.2, -0.15) is 10.1 Å². The Bertz CT molecular complexity index is 794. The molecule has 102 valence electrons. The minimum atomic E-state index is 0.207. The van der Waals surface area contributed by atoms with Crippen molar-refractivity contribution in [2.24, 2.45) is 0 Å². The first kappa shape index (κ1) is 12.4. The van der Waals surface area contributed by atoms with Crippen LogP contribution in [-0.2, 0) is 0 Å². The summed E-state index contributed by atoms with van der Waals surface area (Å²) < 4.78 is 5.49. The molecular weight excluding hydrogens is 254 g/mol. The molecule has 0 atom stereocenters. The molecule has 0 fully saturated rings. The normalized spacial score (nSPS) is 10.9. The Morgan fingerprint density at radius 2 is 2.00 bits per heavy atom. The van der Waals surface area contributed by atoms with E-state index in [4.69, 9.17) is 10.5 Å². The largest absolute Gasteiger partial charge is 0.496 e. The van der Waals surface area contributed by atoms with Crippen molar-refractivity contribution in [3.05, 3.63) is 29.5 Å². The van der Waals surface area contributed by atoms with Crippen molar-refractivity contribution in [2.75, 3.05) is 12.8 Å². The molecule has 0 saturated carbocycles. The molecule has 3 aromatic rings. The Morgan fingerprint density at radius 3 is 2.75 bits per heavy atom. The zero-order chi connectivity index (χ0) is 14.3. The van der Waals surface area contributed by atoms with E-state index in [-0.39, 0.29) is 5.95 Å². The van der Waals surface area contributed by atoms with E-state index in [1.54, 1.807) is 13.3 Å². The second-order valence-electron chi connectivity index (χ2n) is 4.72. The third kappa shape index (κ3) is 1.85. The van der Waals surface area contributed by atoms with Crippen molar-refractivity contribution in [1.82, 2.24) is 20.2 Å². The van der Waals surface area contributed by atoms with E-state index < -0.39 is 0 Å². The van der Waals surface area contributed by atoms with Crippen LogP contribution in [0.2, 0.25) is 0 Å². The summed E-state index contributed by atoms with van der Waals surface area (Å²) in [5, 5.41) is 7.65. The number of ether oxygens (including phenoxy) is 1. The zero-order valence-corrected chi connectivity index (χ0v) is 11.6. The summed E-state index contributed by atoms with van der Waals surface area (Å²) in [6.07, 6.45) is 1.70. The summed E-state index contributed by atoms with van der Waals surface area (Å²) in [6, 6.07) is 4.06. The van der Waals surface area contributed by atoms with Gasteiger partial charge in [0.15, 0.2) is 5.65 Å². The van der Waals surface area contributed by atoms with Crippen molar-refractivity contribution in [3.63, 3.8) is 0 Å². The Kier molecular flexibility index (Phi) is 2.78. The first-order chi connectivity index (χ1) is 9.60. The maximum Gasteiger partial charge on any atom is 0.222 e. The van der Waals surface area contributed by atoms with Crippen LogP contribution in [-0.4, -0.2) is 27.3 Å². The second kappa shape index (κ2) is 4.48. The minimum Gasteiger partial charge on any atom is -0.496 e. The molecule has 3 rings (SSSR count). The van der Waals surface area contributed by atoms with Crippen LogP contribution in [0.5, 0.6) is 5.75 Å². The SMILES string of the molecule is COc1cc(C)cc(C)c1-c1nc(N)nc2[nH]ncc12. The molecule has 6 heteroatoms. The van der Waals surface area contributed by atoms with Gasteiger partial charge in [-0.1, -0.05) is 6.07 Å². The smallest absolute Gasteiger partial charge is 0.222 e. The summed E-state index contributed by atoms with van der Waals surface area (Å²) >= 11 is 0. The Labute approximate surface area is 116 Å². The molecule has 0 aliphatic rings. The predicted octanol–water partition coefficient (Wildman–Crippen LogP) is 2.23. The number of fused-ring (bicyclic) bond motifs is 1. The number of nitrogen functional groups attached to an aromatic ring is 1. The number of nitrogens with one attached hydrogen (secondary N) is 1. The fraction of sp³-hybridized carbons (Fsp3) is 0.214. The average Bonchev–Trinajstić information content (AvgIpc) is 2.85. The quantitative estimate of drug-likeness (QED) is 0.744. The first-order valence-electron chi connectivity index (χ1n) is 6.22. The molecule has 0 aliphatic heterocycles. The summed E-state index contributed by atoms with van der Waals surface area (Å²) in [6.45, 7) is 4.05. The van der Waals surface area contributed by atoms with Crippen LogP contribution in [0.15, 0.2) is 18.3 Å². The third-order valence-electron chi connectivity index (χ3n) is 3.23. The molecule has 0 unspecified atom stereocenters. The average molecular weight is 269 g/mol. The first-order valence-corrected chi connectivity index (χ1v) is 6.22. The number of rotatable bonds is 2. The van der Waals surface area contributed by atoms with E-state index in [0.29, 0.717) is 5.65 Å². The lowest BCUT2D eigenvalue weighted by Crippen LogP contribution is -2.00. The molecule has 20 heavy (non-hydrogen) atoms.